The van der Waals surface area contributed by atoms with E-state index in [-0.39, 0.29) is 23.7 Å². The van der Waals surface area contributed by atoms with Gasteiger partial charge in [-0.15, -0.1) is 0 Å². The number of hydrogen-bond donors (Lipinski definition) is 0. The molecule has 0 aliphatic heterocycles. The Balaban J connectivity index is 3.97. The zero-order valence-corrected chi connectivity index (χ0v) is 10.5. The van der Waals surface area contributed by atoms with Crippen LogP contribution in [0.1, 0.15) is 32.6 Å². The molecule has 0 rings (SSSR count). The van der Waals surface area contributed by atoms with Crippen LogP contribution in [0.2, 0.25) is 0 Å². The maximum Gasteiger partial charge on any atom is 0.419 e. The summed E-state index contributed by atoms with van der Waals surface area (Å²) >= 11 is 0.853. The molecule has 1 unspecified atom stereocenters. The van der Waals surface area contributed by atoms with Crippen molar-refractivity contribution >= 4 is 16.9 Å². The van der Waals surface area contributed by atoms with Crippen molar-refractivity contribution in [3.63, 3.8) is 0 Å². The summed E-state index contributed by atoms with van der Waals surface area (Å²) in [5.74, 6) is -3.60. The van der Waals surface area contributed by atoms with Gasteiger partial charge in [-0.3, -0.25) is 4.79 Å². The summed E-state index contributed by atoms with van der Waals surface area (Å²) < 4.78 is 73.7. The van der Waals surface area contributed by atoms with Crippen molar-refractivity contribution in [1.82, 2.24) is 0 Å². The van der Waals surface area contributed by atoms with E-state index in [1.165, 1.54) is 0 Å². The molecule has 0 heterocycles. The summed E-state index contributed by atoms with van der Waals surface area (Å²) in [5.41, 5.74) is 0. The van der Waals surface area contributed by atoms with Crippen LogP contribution >= 0.6 is 11.8 Å². The van der Waals surface area contributed by atoms with E-state index < -0.39 is 31.1 Å². The van der Waals surface area contributed by atoms with Crippen LogP contribution in [0, 0.1) is 0 Å². The summed E-state index contributed by atoms with van der Waals surface area (Å²) in [6, 6.07) is 0. The van der Waals surface area contributed by atoms with Gasteiger partial charge in [-0.1, -0.05) is 18.7 Å². The van der Waals surface area contributed by atoms with E-state index in [1.807, 2.05) is 0 Å². The first-order chi connectivity index (χ1) is 8.08. The van der Waals surface area contributed by atoms with Crippen molar-refractivity contribution in [3.05, 3.63) is 0 Å². The van der Waals surface area contributed by atoms with Gasteiger partial charge < -0.3 is 0 Å². The fourth-order valence-electron chi connectivity index (χ4n) is 1.10. The lowest BCUT2D eigenvalue weighted by molar-refractivity contribution is -0.199. The summed E-state index contributed by atoms with van der Waals surface area (Å²) in [7, 11) is 0. The number of thioether (sulfide) groups is 1. The largest absolute Gasteiger partial charge is 0.419 e. The van der Waals surface area contributed by atoms with E-state index in [0.29, 0.717) is 0 Å². The van der Waals surface area contributed by atoms with Crippen molar-refractivity contribution in [1.29, 1.82) is 0 Å². The number of carbonyl (C=O) groups excluding carboxylic acids is 1. The van der Waals surface area contributed by atoms with E-state index in [4.69, 9.17) is 0 Å². The Bertz CT molecular complexity index is 266. The quantitative estimate of drug-likeness (QED) is 0.513. The Hall–Kier alpha value is -0.400. The molecule has 0 N–H and O–H groups in total. The lowest BCUT2D eigenvalue weighted by Gasteiger charge is -2.20. The SMILES string of the molecule is CCC(=O)SCCCC(F)(F)CC(F)C(F)(F)F. The first-order valence-electron chi connectivity index (χ1n) is 5.32. The Morgan fingerprint density at radius 3 is 2.22 bits per heavy atom. The molecule has 0 saturated heterocycles. The third-order valence-electron chi connectivity index (χ3n) is 2.07. The van der Waals surface area contributed by atoms with Crippen LogP contribution in [-0.4, -0.2) is 29.1 Å². The molecule has 8 heteroatoms. The van der Waals surface area contributed by atoms with Crippen LogP contribution in [-0.2, 0) is 4.79 Å². The highest BCUT2D eigenvalue weighted by atomic mass is 32.2. The number of carbonyl (C=O) groups is 1. The van der Waals surface area contributed by atoms with Gasteiger partial charge in [0, 0.05) is 18.6 Å². The fraction of sp³-hybridized carbons (Fsp3) is 0.900. The number of alkyl halides is 6. The number of rotatable bonds is 7. The fourth-order valence-corrected chi connectivity index (χ4v) is 1.82. The van der Waals surface area contributed by atoms with Crippen LogP contribution in [0.25, 0.3) is 0 Å². The van der Waals surface area contributed by atoms with Gasteiger partial charge in [0.2, 0.25) is 6.17 Å². The molecule has 0 aromatic carbocycles. The van der Waals surface area contributed by atoms with Crippen LogP contribution in [0.15, 0.2) is 0 Å². The molecule has 18 heavy (non-hydrogen) atoms. The van der Waals surface area contributed by atoms with Gasteiger partial charge in [-0.25, -0.2) is 13.2 Å². The normalized spacial score (nSPS) is 14.6. The lowest BCUT2D eigenvalue weighted by Crippen LogP contribution is -2.32. The minimum atomic E-state index is -5.25. The molecule has 0 aromatic rings. The molecule has 0 fully saturated rings. The molecule has 0 aliphatic rings. The van der Waals surface area contributed by atoms with E-state index >= 15 is 0 Å². The third-order valence-corrected chi connectivity index (χ3v) is 3.18. The predicted octanol–water partition coefficient (Wildman–Crippen LogP) is 4.36. The highest BCUT2D eigenvalue weighted by Gasteiger charge is 2.46. The molecule has 0 bridgehead atoms. The van der Waals surface area contributed by atoms with Crippen molar-refractivity contribution in [2.24, 2.45) is 0 Å². The molecule has 0 radical (unpaired) electrons. The second-order valence-electron chi connectivity index (χ2n) is 3.75. The van der Waals surface area contributed by atoms with Crippen molar-refractivity contribution < 1.29 is 31.1 Å². The molecule has 108 valence electrons. The second-order valence-corrected chi connectivity index (χ2v) is 4.90. The first kappa shape index (κ1) is 17.6. The highest BCUT2D eigenvalue weighted by Crippen LogP contribution is 2.34. The van der Waals surface area contributed by atoms with Gasteiger partial charge >= 0.3 is 6.18 Å². The summed E-state index contributed by atoms with van der Waals surface area (Å²) in [4.78, 5) is 10.8. The maximum absolute atomic E-state index is 13.0. The molecule has 0 saturated carbocycles. The lowest BCUT2D eigenvalue weighted by atomic mass is 10.1. The summed E-state index contributed by atoms with van der Waals surface area (Å²) in [6.45, 7) is 1.61. The predicted molar refractivity (Wildman–Crippen MR) is 57.5 cm³/mol. The summed E-state index contributed by atoms with van der Waals surface area (Å²) in [6.07, 6.45) is -11.3. The minimum absolute atomic E-state index is 0.102. The average molecular weight is 296 g/mol. The molecule has 0 aliphatic carbocycles. The molecule has 1 nitrogen and oxygen atoms in total. The van der Waals surface area contributed by atoms with Crippen LogP contribution in [0.5, 0.6) is 0 Å². The molecule has 0 amide bonds. The molecule has 1 atom stereocenters. The van der Waals surface area contributed by atoms with Crippen molar-refractivity contribution in [2.75, 3.05) is 5.75 Å². The molecule has 0 aromatic heterocycles. The summed E-state index contributed by atoms with van der Waals surface area (Å²) in [5, 5.41) is -0.169. The van der Waals surface area contributed by atoms with Gasteiger partial charge in [-0.05, 0) is 6.42 Å². The van der Waals surface area contributed by atoms with E-state index in [9.17, 15) is 31.1 Å². The highest BCUT2D eigenvalue weighted by molar-refractivity contribution is 8.13. The monoisotopic (exact) mass is 296 g/mol. The van der Waals surface area contributed by atoms with Gasteiger partial charge in [0.05, 0.1) is 6.42 Å². The smallest absolute Gasteiger partial charge is 0.287 e. The zero-order chi connectivity index (χ0) is 14.4. The van der Waals surface area contributed by atoms with Crippen molar-refractivity contribution in [3.8, 4) is 0 Å². The molecular weight excluding hydrogens is 282 g/mol. The standard InChI is InChI=1S/C10H14F6OS/c1-2-8(17)18-5-3-4-9(12,13)6-7(11)10(14,15)16/h7H,2-6H2,1H3. The number of hydrogen-bond acceptors (Lipinski definition) is 2. The van der Waals surface area contributed by atoms with E-state index in [2.05, 4.69) is 0 Å². The van der Waals surface area contributed by atoms with Crippen molar-refractivity contribution in [2.45, 2.75) is 50.9 Å². The Morgan fingerprint density at radius 1 is 1.22 bits per heavy atom. The Kier molecular flexibility index (Phi) is 7.09. The van der Waals surface area contributed by atoms with E-state index in [1.54, 1.807) is 6.92 Å². The Morgan fingerprint density at radius 2 is 1.78 bits per heavy atom. The van der Waals surface area contributed by atoms with Crippen LogP contribution in [0.3, 0.4) is 0 Å². The third kappa shape index (κ3) is 7.84. The van der Waals surface area contributed by atoms with Gasteiger partial charge in [-0.2, -0.15) is 13.2 Å². The van der Waals surface area contributed by atoms with Crippen LogP contribution in [0.4, 0.5) is 26.3 Å². The average Bonchev–Trinajstić information content (AvgIpc) is 2.22. The van der Waals surface area contributed by atoms with Gasteiger partial charge in [0.15, 0.2) is 5.12 Å². The Labute approximate surface area is 105 Å². The first-order valence-corrected chi connectivity index (χ1v) is 6.31. The van der Waals surface area contributed by atoms with Gasteiger partial charge in [0.25, 0.3) is 5.92 Å². The van der Waals surface area contributed by atoms with E-state index in [0.717, 1.165) is 11.8 Å². The molecule has 0 spiro atoms. The second kappa shape index (κ2) is 7.25. The number of halogens is 6. The van der Waals surface area contributed by atoms with Gasteiger partial charge in [0.1, 0.15) is 0 Å². The zero-order valence-electron chi connectivity index (χ0n) is 9.70. The molecular formula is C10H14F6OS. The topological polar surface area (TPSA) is 17.1 Å². The maximum atomic E-state index is 13.0. The minimum Gasteiger partial charge on any atom is -0.287 e. The van der Waals surface area contributed by atoms with Crippen LogP contribution < -0.4 is 0 Å².